The third-order valence-electron chi connectivity index (χ3n) is 6.77. The zero-order chi connectivity index (χ0) is 22.9. The number of benzene rings is 1. The fourth-order valence-corrected chi connectivity index (χ4v) is 5.90. The van der Waals surface area contributed by atoms with Crippen LogP contribution >= 0.6 is 11.8 Å². The second-order valence-electron chi connectivity index (χ2n) is 9.05. The van der Waals surface area contributed by atoms with Gasteiger partial charge in [0.2, 0.25) is 5.17 Å². The number of carbonyl (C=O) groups is 1. The molecule has 1 N–H and O–H groups in total. The van der Waals surface area contributed by atoms with Gasteiger partial charge in [0.15, 0.2) is 5.84 Å². The van der Waals surface area contributed by atoms with Gasteiger partial charge in [0.1, 0.15) is 5.04 Å². The summed E-state index contributed by atoms with van der Waals surface area (Å²) in [7, 11) is 0. The van der Waals surface area contributed by atoms with Crippen LogP contribution in [0.2, 0.25) is 0 Å². The molecular formula is C26H29N5OS. The number of amidine groups is 2. The van der Waals surface area contributed by atoms with Gasteiger partial charge >= 0.3 is 0 Å². The summed E-state index contributed by atoms with van der Waals surface area (Å²) in [4.78, 5) is 17.1. The van der Waals surface area contributed by atoms with Gasteiger partial charge in [-0.15, -0.1) is 0 Å². The number of nitrogens with one attached hydrogen (secondary N) is 1. The molecule has 0 bridgehead atoms. The molecule has 33 heavy (non-hydrogen) atoms. The number of aliphatic imine (C=N–C) groups is 1. The number of hydrogen-bond acceptors (Lipinski definition) is 4. The van der Waals surface area contributed by atoms with Crippen LogP contribution in [0.4, 0.5) is 0 Å². The topological polar surface area (TPSA) is 73.8 Å². The lowest BCUT2D eigenvalue weighted by Gasteiger charge is -2.20. The van der Waals surface area contributed by atoms with Gasteiger partial charge in [0.25, 0.3) is 5.91 Å². The molecule has 1 saturated carbocycles. The first-order valence-electron chi connectivity index (χ1n) is 11.7. The van der Waals surface area contributed by atoms with Crippen LogP contribution in [-0.4, -0.2) is 31.5 Å². The van der Waals surface area contributed by atoms with E-state index in [0.717, 1.165) is 46.4 Å². The van der Waals surface area contributed by atoms with E-state index in [0.29, 0.717) is 5.17 Å². The van der Waals surface area contributed by atoms with E-state index in [2.05, 4.69) is 26.8 Å². The summed E-state index contributed by atoms with van der Waals surface area (Å²) in [5.74, 6) is 0.514. The fraction of sp³-hybridized carbons (Fsp3) is 0.385. The first-order chi connectivity index (χ1) is 16.0. The molecule has 1 aromatic carbocycles. The van der Waals surface area contributed by atoms with Crippen LogP contribution < -0.4 is 0 Å². The Morgan fingerprint density at radius 3 is 2.67 bits per heavy atom. The molecule has 3 aliphatic rings. The molecule has 0 saturated heterocycles. The van der Waals surface area contributed by atoms with Crippen molar-refractivity contribution >= 4 is 39.8 Å². The Bertz CT molecular complexity index is 1180. The quantitative estimate of drug-likeness (QED) is 0.551. The first kappa shape index (κ1) is 21.9. The number of hydrazone groups is 1. The van der Waals surface area contributed by atoms with Crippen molar-refractivity contribution in [1.29, 1.82) is 5.41 Å². The normalized spacial score (nSPS) is 20.3. The fourth-order valence-electron chi connectivity index (χ4n) is 5.00. The van der Waals surface area contributed by atoms with Gasteiger partial charge in [-0.1, -0.05) is 50.3 Å². The highest BCUT2D eigenvalue weighted by atomic mass is 32.2. The van der Waals surface area contributed by atoms with Crippen LogP contribution in [0, 0.1) is 25.2 Å². The molecule has 1 fully saturated rings. The highest BCUT2D eigenvalue weighted by molar-refractivity contribution is 8.26. The maximum Gasteiger partial charge on any atom is 0.283 e. The minimum Gasteiger partial charge on any atom is -0.318 e. The average Bonchev–Trinajstić information content (AvgIpc) is 3.36. The lowest BCUT2D eigenvalue weighted by molar-refractivity contribution is -0.114. The SMILES string of the molecule is Cc1cc(/C=C2\C(=N)N3N=C(CCC4CCCCC4)SC3=NC2=O)c(C)n1-c1ccccc1. The third kappa shape index (κ3) is 4.34. The van der Waals surface area contributed by atoms with Gasteiger partial charge in [-0.3, -0.25) is 10.2 Å². The van der Waals surface area contributed by atoms with E-state index < -0.39 is 0 Å². The summed E-state index contributed by atoms with van der Waals surface area (Å²) in [6.45, 7) is 4.08. The van der Waals surface area contributed by atoms with E-state index >= 15 is 0 Å². The minimum atomic E-state index is -0.369. The summed E-state index contributed by atoms with van der Waals surface area (Å²) in [5.41, 5.74) is 4.37. The monoisotopic (exact) mass is 459 g/mol. The molecule has 1 aromatic heterocycles. The van der Waals surface area contributed by atoms with Crippen LogP contribution in [0.25, 0.3) is 11.8 Å². The summed E-state index contributed by atoms with van der Waals surface area (Å²) in [6, 6.07) is 12.2. The maximum absolute atomic E-state index is 12.8. The average molecular weight is 460 g/mol. The number of hydrogen-bond donors (Lipinski definition) is 1. The molecule has 2 aromatic rings. The van der Waals surface area contributed by atoms with Crippen LogP contribution in [0.3, 0.4) is 0 Å². The predicted octanol–water partition coefficient (Wildman–Crippen LogP) is 6.07. The number of nitrogens with zero attached hydrogens (tertiary/aromatic N) is 4. The highest BCUT2D eigenvalue weighted by Crippen LogP contribution is 2.33. The molecule has 1 aliphatic carbocycles. The molecule has 0 spiro atoms. The van der Waals surface area contributed by atoms with Crippen LogP contribution in [-0.2, 0) is 4.79 Å². The summed E-state index contributed by atoms with van der Waals surface area (Å²) >= 11 is 1.44. The van der Waals surface area contributed by atoms with E-state index in [4.69, 9.17) is 5.41 Å². The van der Waals surface area contributed by atoms with Gasteiger partial charge in [0, 0.05) is 17.1 Å². The number of para-hydroxylation sites is 1. The van der Waals surface area contributed by atoms with Crippen molar-refractivity contribution in [2.75, 3.05) is 0 Å². The molecule has 170 valence electrons. The standard InChI is InChI=1S/C26H29N5OS/c1-17-15-20(18(2)30(17)21-11-7-4-8-12-21)16-22-24(27)31-26(28-25(22)32)33-23(29-31)14-13-19-9-5-3-6-10-19/h4,7-8,11-12,15-16,19,27H,3,5-6,9-10,13-14H2,1-2H3/b22-16+,27-24?. The van der Waals surface area contributed by atoms with Crippen molar-refractivity contribution in [3.05, 3.63) is 58.9 Å². The largest absolute Gasteiger partial charge is 0.318 e. The van der Waals surface area contributed by atoms with Crippen molar-refractivity contribution in [1.82, 2.24) is 9.58 Å². The van der Waals surface area contributed by atoms with Crippen LogP contribution in [0.1, 0.15) is 61.9 Å². The number of rotatable bonds is 5. The van der Waals surface area contributed by atoms with Crippen molar-refractivity contribution in [3.8, 4) is 5.69 Å². The number of aromatic nitrogens is 1. The Morgan fingerprint density at radius 1 is 1.15 bits per heavy atom. The van der Waals surface area contributed by atoms with Gasteiger partial charge in [-0.25, -0.2) is 0 Å². The summed E-state index contributed by atoms with van der Waals surface area (Å²) < 4.78 is 2.16. The Labute approximate surface area is 199 Å². The smallest absolute Gasteiger partial charge is 0.283 e. The number of aryl methyl sites for hydroxylation is 1. The molecule has 2 aliphatic heterocycles. The second kappa shape index (κ2) is 9.14. The van der Waals surface area contributed by atoms with E-state index in [1.54, 1.807) is 6.08 Å². The first-order valence-corrected chi connectivity index (χ1v) is 12.6. The van der Waals surface area contributed by atoms with Crippen molar-refractivity contribution in [2.45, 2.75) is 58.8 Å². The van der Waals surface area contributed by atoms with Gasteiger partial charge in [-0.2, -0.15) is 15.1 Å². The Hall–Kier alpha value is -2.93. The van der Waals surface area contributed by atoms with Gasteiger partial charge in [0.05, 0.1) is 5.57 Å². The lowest BCUT2D eigenvalue weighted by atomic mass is 9.86. The number of amides is 1. The molecule has 1 amide bonds. The minimum absolute atomic E-state index is 0.106. The third-order valence-corrected chi connectivity index (χ3v) is 7.74. The Balaban J connectivity index is 1.37. The van der Waals surface area contributed by atoms with Gasteiger partial charge in [-0.05, 0) is 74.2 Å². The van der Waals surface area contributed by atoms with E-state index in [-0.39, 0.29) is 17.3 Å². The molecule has 5 rings (SSSR count). The number of thioether (sulfide) groups is 1. The van der Waals surface area contributed by atoms with Crippen molar-refractivity contribution in [3.63, 3.8) is 0 Å². The number of fused-ring (bicyclic) bond motifs is 1. The second-order valence-corrected chi connectivity index (χ2v) is 10.1. The molecule has 3 heterocycles. The highest BCUT2D eigenvalue weighted by Gasteiger charge is 2.35. The molecule has 0 atom stereocenters. The summed E-state index contributed by atoms with van der Waals surface area (Å²) in [6.07, 6.45) is 10.5. The van der Waals surface area contributed by atoms with Gasteiger partial charge < -0.3 is 4.57 Å². The van der Waals surface area contributed by atoms with E-state index in [9.17, 15) is 4.79 Å². The predicted molar refractivity (Wildman–Crippen MR) is 136 cm³/mol. The molecular weight excluding hydrogens is 430 g/mol. The van der Waals surface area contributed by atoms with Crippen LogP contribution in [0.5, 0.6) is 0 Å². The summed E-state index contributed by atoms with van der Waals surface area (Å²) in [5, 5.41) is 16.3. The molecule has 6 nitrogen and oxygen atoms in total. The molecule has 0 unspecified atom stereocenters. The Kier molecular flexibility index (Phi) is 6.06. The maximum atomic E-state index is 12.8. The Morgan fingerprint density at radius 2 is 1.91 bits per heavy atom. The van der Waals surface area contributed by atoms with E-state index in [1.807, 2.05) is 38.1 Å². The molecule has 7 heteroatoms. The van der Waals surface area contributed by atoms with Crippen LogP contribution in [0.15, 0.2) is 52.1 Å². The molecule has 0 radical (unpaired) electrons. The van der Waals surface area contributed by atoms with E-state index in [1.165, 1.54) is 48.9 Å². The number of carbonyl (C=O) groups excluding carboxylic acids is 1. The van der Waals surface area contributed by atoms with Crippen molar-refractivity contribution in [2.24, 2.45) is 16.0 Å². The zero-order valence-electron chi connectivity index (χ0n) is 19.2. The van der Waals surface area contributed by atoms with Crippen molar-refractivity contribution < 1.29 is 4.79 Å². The lowest BCUT2D eigenvalue weighted by Crippen LogP contribution is -2.35. The zero-order valence-corrected chi connectivity index (χ0v) is 20.0.